The van der Waals surface area contributed by atoms with E-state index < -0.39 is 0 Å². The number of nitrogens with zero attached hydrogens (tertiary/aromatic N) is 3. The van der Waals surface area contributed by atoms with Gasteiger partial charge in [-0.05, 0) is 31.2 Å². The molecule has 3 nitrogen and oxygen atoms in total. The number of pyridine rings is 2. The molecule has 0 fully saturated rings. The minimum absolute atomic E-state index is 0.740. The van der Waals surface area contributed by atoms with Gasteiger partial charge in [0.25, 0.3) is 0 Å². The molecule has 3 aromatic carbocycles. The summed E-state index contributed by atoms with van der Waals surface area (Å²) in [5.74, 6) is 0. The lowest BCUT2D eigenvalue weighted by Crippen LogP contribution is -2.37. The number of hydrogen-bond acceptors (Lipinski definition) is 2. The maximum atomic E-state index is 5.17. The zero-order chi connectivity index (χ0) is 22.9. The molecular formula is C30H25N3S+2. The Morgan fingerprint density at radius 3 is 1.85 bits per heavy atom. The highest BCUT2D eigenvalue weighted by atomic mass is 32.1. The number of fused-ring (bicyclic) bond motifs is 2. The third-order valence-corrected chi connectivity index (χ3v) is 7.42. The van der Waals surface area contributed by atoms with Crippen LogP contribution in [0.3, 0.4) is 0 Å². The molecule has 0 amide bonds. The van der Waals surface area contributed by atoms with E-state index in [-0.39, 0.29) is 0 Å². The molecule has 0 radical (unpaired) electrons. The summed E-state index contributed by atoms with van der Waals surface area (Å²) >= 11 is 1.80. The van der Waals surface area contributed by atoms with Crippen LogP contribution in [-0.4, -0.2) is 4.98 Å². The van der Waals surface area contributed by atoms with Gasteiger partial charge in [-0.3, -0.25) is 0 Å². The number of benzene rings is 3. The van der Waals surface area contributed by atoms with Crippen molar-refractivity contribution in [1.29, 1.82) is 0 Å². The third kappa shape index (κ3) is 3.97. The molecule has 0 N–H and O–H groups in total. The molecular weight excluding hydrogens is 434 g/mol. The standard InChI is InChI=1S/C30H25N3S/c1-22-14-16-25(17-15-22)30-31-26(20-32-18-6-10-23-8-2-4-12-27(23)32)29(34-30)21-33-19-7-11-24-9-3-5-13-28(24)33/h2-19H,20-21H2,1H3/q+2. The first kappa shape index (κ1) is 20.7. The van der Waals surface area contributed by atoms with Crippen molar-refractivity contribution in [1.82, 2.24) is 4.98 Å². The van der Waals surface area contributed by atoms with E-state index in [2.05, 4.69) is 126 Å². The first-order valence-corrected chi connectivity index (χ1v) is 12.4. The minimum Gasteiger partial charge on any atom is -0.234 e. The van der Waals surface area contributed by atoms with E-state index in [1.165, 1.54) is 37.8 Å². The highest BCUT2D eigenvalue weighted by molar-refractivity contribution is 7.15. The van der Waals surface area contributed by atoms with E-state index in [1.54, 1.807) is 11.3 Å². The lowest BCUT2D eigenvalue weighted by atomic mass is 10.1. The van der Waals surface area contributed by atoms with Gasteiger partial charge >= 0.3 is 0 Å². The van der Waals surface area contributed by atoms with Gasteiger partial charge in [0.15, 0.2) is 25.5 Å². The minimum atomic E-state index is 0.740. The maximum absolute atomic E-state index is 5.17. The summed E-state index contributed by atoms with van der Waals surface area (Å²) in [4.78, 5) is 6.46. The van der Waals surface area contributed by atoms with Gasteiger partial charge in [-0.25, -0.2) is 4.98 Å². The van der Waals surface area contributed by atoms with Crippen LogP contribution in [0, 0.1) is 6.92 Å². The van der Waals surface area contributed by atoms with Crippen molar-refractivity contribution in [3.8, 4) is 10.6 Å². The molecule has 3 heterocycles. The van der Waals surface area contributed by atoms with Gasteiger partial charge in [0.2, 0.25) is 11.0 Å². The second-order valence-corrected chi connectivity index (χ2v) is 9.73. The molecule has 0 bridgehead atoms. The topological polar surface area (TPSA) is 20.6 Å². The Kier molecular flexibility index (Phi) is 5.36. The number of aryl methyl sites for hydroxylation is 1. The fourth-order valence-electron chi connectivity index (χ4n) is 4.48. The SMILES string of the molecule is Cc1ccc(-c2nc(C[n+]3cccc4ccccc43)c(C[n+]3cccc4ccccc43)s2)cc1. The first-order valence-electron chi connectivity index (χ1n) is 11.5. The normalized spacial score (nSPS) is 11.3. The number of hydrogen-bond donors (Lipinski definition) is 0. The van der Waals surface area contributed by atoms with E-state index in [0.29, 0.717) is 0 Å². The lowest BCUT2D eigenvalue weighted by molar-refractivity contribution is -0.667. The van der Waals surface area contributed by atoms with Gasteiger partial charge in [0.1, 0.15) is 10.7 Å². The van der Waals surface area contributed by atoms with Crippen LogP contribution in [0.2, 0.25) is 0 Å². The molecule has 6 aromatic rings. The first-order chi connectivity index (χ1) is 16.7. The van der Waals surface area contributed by atoms with Crippen LogP contribution in [0.5, 0.6) is 0 Å². The molecule has 0 aliphatic carbocycles. The van der Waals surface area contributed by atoms with Crippen molar-refractivity contribution in [2.45, 2.75) is 20.0 Å². The predicted octanol–water partition coefficient (Wildman–Crippen LogP) is 6.10. The molecule has 0 aliphatic rings. The van der Waals surface area contributed by atoms with Gasteiger partial charge in [-0.15, -0.1) is 11.3 Å². The monoisotopic (exact) mass is 459 g/mol. The molecule has 3 aromatic heterocycles. The van der Waals surface area contributed by atoms with Gasteiger partial charge in [0.05, 0.1) is 4.88 Å². The summed E-state index contributed by atoms with van der Waals surface area (Å²) < 4.78 is 4.64. The van der Waals surface area contributed by atoms with Crippen molar-refractivity contribution in [3.63, 3.8) is 0 Å². The average molecular weight is 460 g/mol. The van der Waals surface area contributed by atoms with Gasteiger partial charge < -0.3 is 0 Å². The van der Waals surface area contributed by atoms with Crippen molar-refractivity contribution >= 4 is 33.1 Å². The second kappa shape index (κ2) is 8.81. The van der Waals surface area contributed by atoms with Crippen LogP contribution in [0.1, 0.15) is 16.1 Å². The number of para-hydroxylation sites is 2. The molecule has 34 heavy (non-hydrogen) atoms. The van der Waals surface area contributed by atoms with E-state index >= 15 is 0 Å². The van der Waals surface area contributed by atoms with Crippen molar-refractivity contribution < 1.29 is 9.13 Å². The Bertz CT molecular complexity index is 1510. The van der Waals surface area contributed by atoms with E-state index in [1.807, 2.05) is 0 Å². The van der Waals surface area contributed by atoms with Crippen LogP contribution < -0.4 is 9.13 Å². The average Bonchev–Trinajstić information content (AvgIpc) is 3.27. The number of aromatic nitrogens is 3. The third-order valence-electron chi connectivity index (χ3n) is 6.29. The van der Waals surface area contributed by atoms with Gasteiger partial charge in [0, 0.05) is 40.6 Å². The summed E-state index contributed by atoms with van der Waals surface area (Å²) in [6.07, 6.45) is 4.32. The zero-order valence-corrected chi connectivity index (χ0v) is 19.9. The highest BCUT2D eigenvalue weighted by Crippen LogP contribution is 2.29. The summed E-state index contributed by atoms with van der Waals surface area (Å²) in [6.45, 7) is 3.66. The van der Waals surface area contributed by atoms with Crippen molar-refractivity contribution in [2.24, 2.45) is 0 Å². The largest absolute Gasteiger partial charge is 0.234 e. The highest BCUT2D eigenvalue weighted by Gasteiger charge is 2.21. The smallest absolute Gasteiger partial charge is 0.212 e. The molecule has 164 valence electrons. The molecule has 0 unspecified atom stereocenters. The van der Waals surface area contributed by atoms with E-state index in [0.717, 1.165) is 23.8 Å². The second-order valence-electron chi connectivity index (χ2n) is 8.64. The fraction of sp³-hybridized carbons (Fsp3) is 0.100. The zero-order valence-electron chi connectivity index (χ0n) is 19.1. The predicted molar refractivity (Wildman–Crippen MR) is 139 cm³/mol. The molecule has 0 saturated carbocycles. The fourth-order valence-corrected chi connectivity index (χ4v) is 5.56. The molecule has 4 heteroatoms. The molecule has 0 atom stereocenters. The van der Waals surface area contributed by atoms with E-state index in [9.17, 15) is 0 Å². The Morgan fingerprint density at radius 2 is 1.21 bits per heavy atom. The Labute approximate surface area is 203 Å². The summed E-state index contributed by atoms with van der Waals surface area (Å²) in [5.41, 5.74) is 6.02. The molecule has 6 rings (SSSR count). The van der Waals surface area contributed by atoms with Crippen molar-refractivity contribution in [2.75, 3.05) is 0 Å². The Balaban J connectivity index is 1.46. The molecule has 0 saturated heterocycles. The van der Waals surface area contributed by atoms with Crippen LogP contribution >= 0.6 is 11.3 Å². The van der Waals surface area contributed by atoms with Gasteiger partial charge in [-0.1, -0.05) is 54.1 Å². The van der Waals surface area contributed by atoms with Crippen LogP contribution in [-0.2, 0) is 13.1 Å². The van der Waals surface area contributed by atoms with Crippen molar-refractivity contribution in [3.05, 3.63) is 126 Å². The number of thiazole rings is 1. The molecule has 0 aliphatic heterocycles. The maximum Gasteiger partial charge on any atom is 0.212 e. The quantitative estimate of drug-likeness (QED) is 0.286. The van der Waals surface area contributed by atoms with Crippen LogP contribution in [0.4, 0.5) is 0 Å². The van der Waals surface area contributed by atoms with E-state index in [4.69, 9.17) is 4.98 Å². The molecule has 0 spiro atoms. The summed E-state index contributed by atoms with van der Waals surface area (Å²) in [5, 5.41) is 3.56. The summed E-state index contributed by atoms with van der Waals surface area (Å²) in [6, 6.07) is 34.4. The van der Waals surface area contributed by atoms with Crippen LogP contribution in [0.25, 0.3) is 32.4 Å². The van der Waals surface area contributed by atoms with Gasteiger partial charge in [-0.2, -0.15) is 9.13 Å². The van der Waals surface area contributed by atoms with Crippen LogP contribution in [0.15, 0.2) is 109 Å². The lowest BCUT2D eigenvalue weighted by Gasteiger charge is -2.03. The Morgan fingerprint density at radius 1 is 0.647 bits per heavy atom. The number of rotatable bonds is 5. The Hall–Kier alpha value is -3.89. The summed E-state index contributed by atoms with van der Waals surface area (Å²) in [7, 11) is 0.